The van der Waals surface area contributed by atoms with Crippen molar-refractivity contribution >= 4 is 11.9 Å². The van der Waals surface area contributed by atoms with E-state index >= 15 is 0 Å². The highest BCUT2D eigenvalue weighted by molar-refractivity contribution is 5.99. The number of carboxylic acids is 1. The normalized spacial score (nSPS) is 13.4. The number of nitrogens with zero attached hydrogens (tertiary/aromatic N) is 2. The van der Waals surface area contributed by atoms with E-state index in [-0.39, 0.29) is 34.5 Å². The van der Waals surface area contributed by atoms with Gasteiger partial charge in [0, 0.05) is 22.3 Å². The fraction of sp³-hybridized carbons (Fsp3) is 0.188. The Morgan fingerprint density at radius 3 is 2.43 bits per heavy atom. The summed E-state index contributed by atoms with van der Waals surface area (Å²) in [6.45, 7) is 5.18. The van der Waals surface area contributed by atoms with Crippen LogP contribution in [0.4, 0.5) is 4.39 Å². The van der Waals surface area contributed by atoms with Crippen molar-refractivity contribution < 1.29 is 27.9 Å². The molecule has 0 radical (unpaired) electrons. The molecule has 0 spiro atoms. The van der Waals surface area contributed by atoms with Crippen LogP contribution >= 0.6 is 0 Å². The quantitative estimate of drug-likeness (QED) is 0.195. The van der Waals surface area contributed by atoms with Crippen molar-refractivity contribution in [3.8, 4) is 22.8 Å². The van der Waals surface area contributed by atoms with Crippen molar-refractivity contribution in [1.82, 2.24) is 15.5 Å². The van der Waals surface area contributed by atoms with Crippen LogP contribution in [-0.4, -0.2) is 27.2 Å². The van der Waals surface area contributed by atoms with Crippen molar-refractivity contribution in [3.05, 3.63) is 119 Å². The molecule has 0 aliphatic heterocycles. The molecule has 2 atom stereocenters. The first-order valence-corrected chi connectivity index (χ1v) is 13.2. The first-order valence-electron chi connectivity index (χ1n) is 13.2. The minimum atomic E-state index is -1.17. The molecule has 1 amide bonds. The summed E-state index contributed by atoms with van der Waals surface area (Å²) in [4.78, 5) is 25.5. The van der Waals surface area contributed by atoms with E-state index in [9.17, 15) is 19.1 Å². The van der Waals surface area contributed by atoms with E-state index in [1.807, 2.05) is 30.3 Å². The molecule has 0 aliphatic rings. The van der Waals surface area contributed by atoms with Gasteiger partial charge in [-0.05, 0) is 68.7 Å². The van der Waals surface area contributed by atoms with E-state index in [1.165, 1.54) is 24.5 Å². The van der Waals surface area contributed by atoms with E-state index in [0.717, 1.165) is 5.56 Å². The highest BCUT2D eigenvalue weighted by Gasteiger charge is 2.29. The van der Waals surface area contributed by atoms with Crippen molar-refractivity contribution in [3.63, 3.8) is 0 Å². The molecule has 3 aromatic carbocycles. The number of aromatic carboxylic acids is 1. The number of nitrogens with one attached hydrogen (secondary N) is 1. The van der Waals surface area contributed by atoms with Crippen molar-refractivity contribution in [2.24, 2.45) is 5.73 Å². The number of halogens is 1. The Balaban J connectivity index is 1.53. The van der Waals surface area contributed by atoms with Gasteiger partial charge in [-0.1, -0.05) is 42.5 Å². The SMILES string of the molecule is Cc1coc(-c2cc(C(=O)N[C@H](C)c3ccc(F)cc3)cc(-c3nnc([C@](C)(N)Cc4ccccc4)o3)c2)c1C(=O)O. The molecule has 0 fully saturated rings. The van der Waals surface area contributed by atoms with Gasteiger partial charge >= 0.3 is 5.97 Å². The van der Waals surface area contributed by atoms with Gasteiger partial charge in [0.05, 0.1) is 17.8 Å². The zero-order chi connectivity index (χ0) is 30.0. The van der Waals surface area contributed by atoms with Crippen LogP contribution in [0.1, 0.15) is 63.2 Å². The van der Waals surface area contributed by atoms with E-state index in [2.05, 4.69) is 15.5 Å². The van der Waals surface area contributed by atoms with Crippen LogP contribution in [0.2, 0.25) is 0 Å². The molecule has 9 nitrogen and oxygen atoms in total. The topological polar surface area (TPSA) is 144 Å². The summed E-state index contributed by atoms with van der Waals surface area (Å²) in [6, 6.07) is 19.7. The maximum atomic E-state index is 13.4. The summed E-state index contributed by atoms with van der Waals surface area (Å²) in [6.07, 6.45) is 1.79. The standard InChI is InChI=1S/C32H29FN4O5/c1-18-17-41-27(26(18)30(39)40)22-13-23(28(38)35-19(2)21-9-11-25(33)12-10-21)15-24(14-22)29-36-37-31(42-29)32(3,34)16-20-7-5-4-6-8-20/h4-15,17,19H,16,34H2,1-3H3,(H,35,38)(H,39,40)/t19-,32-/m1/s1. The Morgan fingerprint density at radius 2 is 1.74 bits per heavy atom. The molecule has 2 aromatic heterocycles. The third kappa shape index (κ3) is 5.98. The molecule has 0 unspecified atom stereocenters. The third-order valence-corrected chi connectivity index (χ3v) is 6.94. The van der Waals surface area contributed by atoms with Gasteiger partial charge in [0.1, 0.15) is 17.1 Å². The molecule has 0 aliphatic carbocycles. The van der Waals surface area contributed by atoms with Crippen LogP contribution in [0.15, 0.2) is 87.9 Å². The van der Waals surface area contributed by atoms with E-state index < -0.39 is 23.5 Å². The maximum Gasteiger partial charge on any atom is 0.339 e. The molecule has 214 valence electrons. The second-order valence-electron chi connectivity index (χ2n) is 10.5. The second kappa shape index (κ2) is 11.4. The number of carboxylic acid groups (broad SMARTS) is 1. The van der Waals surface area contributed by atoms with E-state index in [1.54, 1.807) is 45.0 Å². The summed E-state index contributed by atoms with van der Waals surface area (Å²) < 4.78 is 25.0. The van der Waals surface area contributed by atoms with Gasteiger partial charge in [-0.15, -0.1) is 10.2 Å². The lowest BCUT2D eigenvalue weighted by molar-refractivity contribution is 0.0696. The number of amides is 1. The Morgan fingerprint density at radius 1 is 1.05 bits per heavy atom. The Kier molecular flexibility index (Phi) is 7.73. The van der Waals surface area contributed by atoms with Gasteiger partial charge in [0.2, 0.25) is 11.8 Å². The molecule has 5 aromatic rings. The Labute approximate surface area is 241 Å². The average molecular weight is 569 g/mol. The number of carbonyl (C=O) groups excluding carboxylic acids is 1. The maximum absolute atomic E-state index is 13.4. The second-order valence-corrected chi connectivity index (χ2v) is 10.5. The van der Waals surface area contributed by atoms with Crippen LogP contribution in [-0.2, 0) is 12.0 Å². The molecule has 42 heavy (non-hydrogen) atoms. The van der Waals surface area contributed by atoms with Crippen LogP contribution in [0.3, 0.4) is 0 Å². The molecular formula is C32H29FN4O5. The number of rotatable bonds is 9. The summed E-state index contributed by atoms with van der Waals surface area (Å²) in [5, 5.41) is 21.1. The molecule has 10 heteroatoms. The minimum absolute atomic E-state index is 0.0261. The summed E-state index contributed by atoms with van der Waals surface area (Å²) >= 11 is 0. The molecule has 0 bridgehead atoms. The van der Waals surface area contributed by atoms with Crippen LogP contribution < -0.4 is 11.1 Å². The van der Waals surface area contributed by atoms with Gasteiger partial charge in [-0.2, -0.15) is 0 Å². The first-order chi connectivity index (χ1) is 20.0. The number of furan rings is 1. The number of hydrogen-bond acceptors (Lipinski definition) is 7. The Bertz CT molecular complexity index is 1740. The summed E-state index contributed by atoms with van der Waals surface area (Å²) in [5.74, 6) is -1.64. The van der Waals surface area contributed by atoms with Crippen LogP contribution in [0.25, 0.3) is 22.8 Å². The molecule has 0 saturated heterocycles. The van der Waals surface area contributed by atoms with E-state index in [4.69, 9.17) is 14.6 Å². The van der Waals surface area contributed by atoms with Crippen molar-refractivity contribution in [2.45, 2.75) is 38.8 Å². The minimum Gasteiger partial charge on any atom is -0.478 e. The van der Waals surface area contributed by atoms with Gasteiger partial charge in [0.15, 0.2) is 0 Å². The summed E-state index contributed by atoms with van der Waals surface area (Å²) in [7, 11) is 0. The zero-order valence-electron chi connectivity index (χ0n) is 23.2. The van der Waals surface area contributed by atoms with Gasteiger partial charge < -0.3 is 25.0 Å². The average Bonchev–Trinajstić information content (AvgIpc) is 3.61. The fourth-order valence-corrected chi connectivity index (χ4v) is 4.72. The van der Waals surface area contributed by atoms with Crippen LogP contribution in [0.5, 0.6) is 0 Å². The van der Waals surface area contributed by atoms with Gasteiger partial charge in [-0.3, -0.25) is 4.79 Å². The van der Waals surface area contributed by atoms with Gasteiger partial charge in [-0.25, -0.2) is 9.18 Å². The largest absolute Gasteiger partial charge is 0.478 e. The monoisotopic (exact) mass is 568 g/mol. The molecular weight excluding hydrogens is 539 g/mol. The molecule has 0 saturated carbocycles. The predicted octanol–water partition coefficient (Wildman–Crippen LogP) is 6.05. The number of benzene rings is 3. The fourth-order valence-electron chi connectivity index (χ4n) is 4.72. The number of carbonyl (C=O) groups is 2. The molecule has 4 N–H and O–H groups in total. The first kappa shape index (κ1) is 28.4. The number of nitrogens with two attached hydrogens (primary N) is 1. The highest BCUT2D eigenvalue weighted by atomic mass is 19.1. The zero-order valence-corrected chi connectivity index (χ0v) is 23.2. The predicted molar refractivity (Wildman–Crippen MR) is 153 cm³/mol. The smallest absolute Gasteiger partial charge is 0.339 e. The number of aromatic nitrogens is 2. The van der Waals surface area contributed by atoms with Crippen molar-refractivity contribution in [1.29, 1.82) is 0 Å². The number of aryl methyl sites for hydroxylation is 1. The van der Waals surface area contributed by atoms with Gasteiger partial charge in [0.25, 0.3) is 5.91 Å². The van der Waals surface area contributed by atoms with E-state index in [0.29, 0.717) is 28.7 Å². The number of hydrogen-bond donors (Lipinski definition) is 3. The third-order valence-electron chi connectivity index (χ3n) is 6.94. The Hall–Kier alpha value is -5.09. The lowest BCUT2D eigenvalue weighted by atomic mass is 9.94. The molecule has 5 rings (SSSR count). The lowest BCUT2D eigenvalue weighted by Gasteiger charge is -2.20. The molecule has 2 heterocycles. The van der Waals surface area contributed by atoms with Crippen LogP contribution in [0, 0.1) is 12.7 Å². The highest BCUT2D eigenvalue weighted by Crippen LogP contribution is 2.34. The van der Waals surface area contributed by atoms with Crippen molar-refractivity contribution in [2.75, 3.05) is 0 Å². The summed E-state index contributed by atoms with van der Waals surface area (Å²) in [5.41, 5.74) is 8.59. The lowest BCUT2D eigenvalue weighted by Crippen LogP contribution is -2.35.